The summed E-state index contributed by atoms with van der Waals surface area (Å²) in [7, 11) is -3.53. The molecule has 0 aliphatic carbocycles. The van der Waals surface area contributed by atoms with Crippen LogP contribution in [0.15, 0.2) is 41.3 Å². The van der Waals surface area contributed by atoms with Gasteiger partial charge >= 0.3 is 5.97 Å². The lowest BCUT2D eigenvalue weighted by molar-refractivity contribution is -0.139. The summed E-state index contributed by atoms with van der Waals surface area (Å²) in [5.74, 6) is -1.91. The number of hydrogen-bond acceptors (Lipinski definition) is 4. The van der Waals surface area contributed by atoms with Crippen LogP contribution in [0.2, 0.25) is 5.02 Å². The van der Waals surface area contributed by atoms with Crippen LogP contribution in [0, 0.1) is 5.82 Å². The lowest BCUT2D eigenvalue weighted by atomic mass is 10.0. The molecule has 2 aromatic carbocycles. The van der Waals surface area contributed by atoms with Gasteiger partial charge in [0.2, 0.25) is 0 Å². The maximum absolute atomic E-state index is 14.2. The van der Waals surface area contributed by atoms with E-state index in [-0.39, 0.29) is 32.5 Å². The Morgan fingerprint density at radius 2 is 1.92 bits per heavy atom. The van der Waals surface area contributed by atoms with E-state index in [2.05, 4.69) is 0 Å². The molecule has 128 valence electrons. The second-order valence-electron chi connectivity index (χ2n) is 4.87. The number of hydrogen-bond donors (Lipinski definition) is 1. The van der Waals surface area contributed by atoms with Gasteiger partial charge in [-0.05, 0) is 36.4 Å². The minimum absolute atomic E-state index is 0.0348. The van der Waals surface area contributed by atoms with Gasteiger partial charge in [-0.25, -0.2) is 17.6 Å². The monoisotopic (exact) mass is 372 g/mol. The third kappa shape index (κ3) is 4.04. The Balaban J connectivity index is 2.60. The normalized spacial score (nSPS) is 11.3. The van der Waals surface area contributed by atoms with Crippen molar-refractivity contribution < 1.29 is 27.4 Å². The zero-order chi connectivity index (χ0) is 17.9. The molecule has 0 aliphatic heterocycles. The van der Waals surface area contributed by atoms with Gasteiger partial charge in [0.1, 0.15) is 11.6 Å². The second-order valence-corrected chi connectivity index (χ2v) is 7.58. The maximum atomic E-state index is 14.2. The third-order valence-electron chi connectivity index (χ3n) is 3.26. The molecular weight excluding hydrogens is 359 g/mol. The molecule has 0 aliphatic rings. The molecule has 0 atom stereocenters. The Labute approximate surface area is 143 Å². The third-order valence-corrected chi connectivity index (χ3v) is 5.23. The van der Waals surface area contributed by atoms with Crippen molar-refractivity contribution in [2.24, 2.45) is 0 Å². The Morgan fingerprint density at radius 3 is 2.54 bits per heavy atom. The van der Waals surface area contributed by atoms with Crippen molar-refractivity contribution in [2.45, 2.75) is 11.8 Å². The van der Waals surface area contributed by atoms with E-state index in [4.69, 9.17) is 21.4 Å². The van der Waals surface area contributed by atoms with Crippen LogP contribution in [0.1, 0.15) is 6.92 Å². The molecular formula is C16H14ClFO5S. The van der Waals surface area contributed by atoms with E-state index < -0.39 is 28.2 Å². The molecule has 0 fully saturated rings. The zero-order valence-electron chi connectivity index (χ0n) is 12.6. The number of sulfone groups is 1. The first kappa shape index (κ1) is 18.2. The van der Waals surface area contributed by atoms with Gasteiger partial charge in [-0.3, -0.25) is 0 Å². The number of carboxylic acid groups (broad SMARTS) is 1. The Morgan fingerprint density at radius 1 is 1.21 bits per heavy atom. The van der Waals surface area contributed by atoms with Gasteiger partial charge in [-0.1, -0.05) is 18.5 Å². The summed E-state index contributed by atoms with van der Waals surface area (Å²) >= 11 is 5.93. The molecule has 0 unspecified atom stereocenters. The van der Waals surface area contributed by atoms with Crippen LogP contribution >= 0.6 is 11.6 Å². The number of carbonyl (C=O) groups is 1. The number of aliphatic carboxylic acids is 1. The Kier molecular flexibility index (Phi) is 5.46. The Hall–Kier alpha value is -2.12. The van der Waals surface area contributed by atoms with Crippen LogP contribution < -0.4 is 4.74 Å². The minimum Gasteiger partial charge on any atom is -0.481 e. The molecule has 0 saturated carbocycles. The van der Waals surface area contributed by atoms with Crippen LogP contribution in [0.25, 0.3) is 11.1 Å². The zero-order valence-corrected chi connectivity index (χ0v) is 14.2. The number of carboxylic acids is 1. The summed E-state index contributed by atoms with van der Waals surface area (Å²) in [4.78, 5) is 10.6. The molecule has 0 spiro atoms. The summed E-state index contributed by atoms with van der Waals surface area (Å²) in [5, 5.41) is 9.00. The topological polar surface area (TPSA) is 80.7 Å². The van der Waals surface area contributed by atoms with Gasteiger partial charge in [0.15, 0.2) is 16.4 Å². The summed E-state index contributed by atoms with van der Waals surface area (Å²) in [6, 6.07) is 7.67. The van der Waals surface area contributed by atoms with Crippen molar-refractivity contribution in [3.63, 3.8) is 0 Å². The molecule has 2 rings (SSSR count). The average molecular weight is 373 g/mol. The standard InChI is InChI=1S/C16H14ClFO5S/c1-2-24(21,22)11-4-5-14(18)12(8-11)13-7-10(17)3-6-15(13)23-9-16(19)20/h3-8H,2,9H2,1H3,(H,19,20). The summed E-state index contributed by atoms with van der Waals surface area (Å²) in [5.41, 5.74) is 0.141. The highest BCUT2D eigenvalue weighted by atomic mass is 35.5. The van der Waals surface area contributed by atoms with E-state index in [1.54, 1.807) is 0 Å². The minimum atomic E-state index is -3.53. The van der Waals surface area contributed by atoms with Gasteiger partial charge in [0.05, 0.1) is 10.6 Å². The largest absolute Gasteiger partial charge is 0.481 e. The van der Waals surface area contributed by atoms with E-state index in [1.165, 1.54) is 37.3 Å². The lowest BCUT2D eigenvalue weighted by Gasteiger charge is -2.13. The van der Waals surface area contributed by atoms with Crippen LogP contribution in [-0.2, 0) is 14.6 Å². The molecule has 8 heteroatoms. The first-order chi connectivity index (χ1) is 11.2. The lowest BCUT2D eigenvalue weighted by Crippen LogP contribution is -2.10. The molecule has 1 N–H and O–H groups in total. The van der Waals surface area contributed by atoms with E-state index >= 15 is 0 Å². The van der Waals surface area contributed by atoms with Crippen molar-refractivity contribution in [2.75, 3.05) is 12.4 Å². The van der Waals surface area contributed by atoms with E-state index in [9.17, 15) is 17.6 Å². The van der Waals surface area contributed by atoms with Gasteiger partial charge < -0.3 is 9.84 Å². The van der Waals surface area contributed by atoms with E-state index in [1.807, 2.05) is 0 Å². The SMILES string of the molecule is CCS(=O)(=O)c1ccc(F)c(-c2cc(Cl)ccc2OCC(=O)O)c1. The molecule has 5 nitrogen and oxygen atoms in total. The van der Waals surface area contributed by atoms with Crippen LogP contribution in [-0.4, -0.2) is 31.9 Å². The summed E-state index contributed by atoms with van der Waals surface area (Å²) in [6.45, 7) is 0.863. The number of rotatable bonds is 6. The smallest absolute Gasteiger partial charge is 0.341 e. The molecule has 0 bridgehead atoms. The maximum Gasteiger partial charge on any atom is 0.341 e. The van der Waals surface area contributed by atoms with Crippen LogP contribution in [0.4, 0.5) is 4.39 Å². The van der Waals surface area contributed by atoms with Gasteiger partial charge in [-0.15, -0.1) is 0 Å². The summed E-state index contributed by atoms with van der Waals surface area (Å²) in [6.07, 6.45) is 0. The molecule has 0 heterocycles. The molecule has 24 heavy (non-hydrogen) atoms. The molecule has 0 saturated heterocycles. The van der Waals surface area contributed by atoms with Gasteiger partial charge in [0.25, 0.3) is 0 Å². The van der Waals surface area contributed by atoms with Crippen LogP contribution in [0.3, 0.4) is 0 Å². The fourth-order valence-electron chi connectivity index (χ4n) is 2.05. The molecule has 0 radical (unpaired) electrons. The first-order valence-electron chi connectivity index (χ1n) is 6.91. The quantitative estimate of drug-likeness (QED) is 0.786. The van der Waals surface area contributed by atoms with E-state index in [0.29, 0.717) is 0 Å². The highest BCUT2D eigenvalue weighted by Gasteiger charge is 2.18. The molecule has 0 aromatic heterocycles. The second kappa shape index (κ2) is 7.19. The Bertz CT molecular complexity index is 880. The predicted octanol–water partition coefficient (Wildman–Crippen LogP) is 3.40. The van der Waals surface area contributed by atoms with Crippen molar-refractivity contribution in [3.8, 4) is 16.9 Å². The predicted molar refractivity (Wildman–Crippen MR) is 87.7 cm³/mol. The van der Waals surface area contributed by atoms with Crippen molar-refractivity contribution in [1.82, 2.24) is 0 Å². The van der Waals surface area contributed by atoms with Crippen molar-refractivity contribution in [1.29, 1.82) is 0 Å². The summed E-state index contributed by atoms with van der Waals surface area (Å²) < 4.78 is 43.4. The molecule has 0 amide bonds. The van der Waals surface area contributed by atoms with Crippen LogP contribution in [0.5, 0.6) is 5.75 Å². The number of halogens is 2. The highest BCUT2D eigenvalue weighted by Crippen LogP contribution is 2.35. The van der Waals surface area contributed by atoms with E-state index in [0.717, 1.165) is 6.07 Å². The number of ether oxygens (including phenoxy) is 1. The van der Waals surface area contributed by atoms with Crippen molar-refractivity contribution in [3.05, 3.63) is 47.2 Å². The van der Waals surface area contributed by atoms with Gasteiger partial charge in [-0.2, -0.15) is 0 Å². The first-order valence-corrected chi connectivity index (χ1v) is 8.94. The fourth-order valence-corrected chi connectivity index (χ4v) is 3.13. The van der Waals surface area contributed by atoms with Gasteiger partial charge in [0, 0.05) is 16.1 Å². The van der Waals surface area contributed by atoms with Crippen molar-refractivity contribution >= 4 is 27.4 Å². The fraction of sp³-hybridized carbons (Fsp3) is 0.188. The molecule has 2 aromatic rings. The average Bonchev–Trinajstić information content (AvgIpc) is 2.53. The number of benzene rings is 2. The highest BCUT2D eigenvalue weighted by molar-refractivity contribution is 7.91.